The average molecular weight is 392 g/mol. The van der Waals surface area contributed by atoms with Crippen molar-refractivity contribution in [3.63, 3.8) is 0 Å². The first kappa shape index (κ1) is 19.5. The van der Waals surface area contributed by atoms with Gasteiger partial charge in [-0.05, 0) is 66.6 Å². The molecule has 1 aliphatic carbocycles. The summed E-state index contributed by atoms with van der Waals surface area (Å²) in [5.41, 5.74) is 3.80. The fourth-order valence-electron chi connectivity index (χ4n) is 4.38. The molecule has 0 unspecified atom stereocenters. The minimum atomic E-state index is -0.00572. The second-order valence-corrected chi connectivity index (χ2v) is 8.03. The monoisotopic (exact) mass is 392 g/mol. The van der Waals surface area contributed by atoms with Gasteiger partial charge >= 0.3 is 0 Å². The summed E-state index contributed by atoms with van der Waals surface area (Å²) in [5, 5.41) is 3.05. The normalized spacial score (nSPS) is 16.0. The average Bonchev–Trinajstić information content (AvgIpc) is 3.41. The summed E-state index contributed by atoms with van der Waals surface area (Å²) in [7, 11) is 1.61. The SMILES string of the molecule is COc1ccc(C(=O)N2CCc3ccc(CNC(=O)CC4CCCC4)cc32)cc1. The smallest absolute Gasteiger partial charge is 0.258 e. The van der Waals surface area contributed by atoms with Crippen LogP contribution in [0.3, 0.4) is 0 Å². The number of nitrogens with one attached hydrogen (secondary N) is 1. The zero-order chi connectivity index (χ0) is 20.2. The highest BCUT2D eigenvalue weighted by Gasteiger charge is 2.26. The van der Waals surface area contributed by atoms with E-state index in [1.165, 1.54) is 31.2 Å². The highest BCUT2D eigenvalue weighted by molar-refractivity contribution is 6.07. The Kier molecular flexibility index (Phi) is 5.84. The van der Waals surface area contributed by atoms with Crippen molar-refractivity contribution in [2.75, 3.05) is 18.6 Å². The molecular weight excluding hydrogens is 364 g/mol. The molecule has 1 heterocycles. The van der Waals surface area contributed by atoms with E-state index in [-0.39, 0.29) is 11.8 Å². The topological polar surface area (TPSA) is 58.6 Å². The Hall–Kier alpha value is -2.82. The van der Waals surface area contributed by atoms with Crippen LogP contribution in [0.15, 0.2) is 42.5 Å². The summed E-state index contributed by atoms with van der Waals surface area (Å²) in [6.45, 7) is 1.18. The summed E-state index contributed by atoms with van der Waals surface area (Å²) in [6.07, 6.45) is 6.34. The van der Waals surface area contributed by atoms with Gasteiger partial charge in [0.15, 0.2) is 0 Å². The molecule has 2 amide bonds. The molecule has 1 aliphatic heterocycles. The third-order valence-electron chi connectivity index (χ3n) is 6.07. The fraction of sp³-hybridized carbons (Fsp3) is 0.417. The number of hydrogen-bond acceptors (Lipinski definition) is 3. The largest absolute Gasteiger partial charge is 0.497 e. The molecule has 152 valence electrons. The van der Waals surface area contributed by atoms with Crippen LogP contribution in [0, 0.1) is 5.92 Å². The van der Waals surface area contributed by atoms with Crippen molar-refractivity contribution in [3.8, 4) is 5.75 Å². The number of benzene rings is 2. The first-order valence-corrected chi connectivity index (χ1v) is 10.5. The maximum absolute atomic E-state index is 13.0. The Bertz CT molecular complexity index is 885. The van der Waals surface area contributed by atoms with E-state index in [0.717, 1.165) is 23.4 Å². The zero-order valence-corrected chi connectivity index (χ0v) is 16.9. The standard InChI is InChI=1S/C24H28N2O3/c1-29-21-10-8-20(9-11-21)24(28)26-13-12-19-7-6-18(14-22(19)26)16-25-23(27)15-17-4-2-3-5-17/h6-11,14,17H,2-5,12-13,15-16H2,1H3,(H,25,27). The number of hydrogen-bond donors (Lipinski definition) is 1. The van der Waals surface area contributed by atoms with Gasteiger partial charge in [-0.2, -0.15) is 0 Å². The van der Waals surface area contributed by atoms with E-state index in [4.69, 9.17) is 4.74 Å². The van der Waals surface area contributed by atoms with Gasteiger partial charge in [0, 0.05) is 30.8 Å². The summed E-state index contributed by atoms with van der Waals surface area (Å²) in [6, 6.07) is 13.4. The highest BCUT2D eigenvalue weighted by atomic mass is 16.5. The van der Waals surface area contributed by atoms with Crippen LogP contribution in [0.25, 0.3) is 0 Å². The summed E-state index contributed by atoms with van der Waals surface area (Å²) < 4.78 is 5.17. The van der Waals surface area contributed by atoms with Gasteiger partial charge in [0.25, 0.3) is 5.91 Å². The number of nitrogens with zero attached hydrogens (tertiary/aromatic N) is 1. The number of carbonyl (C=O) groups is 2. The number of methoxy groups -OCH3 is 1. The van der Waals surface area contributed by atoms with Crippen molar-refractivity contribution < 1.29 is 14.3 Å². The molecule has 2 aromatic rings. The molecule has 1 fully saturated rings. The van der Waals surface area contributed by atoms with Crippen LogP contribution in [0.4, 0.5) is 5.69 Å². The second-order valence-electron chi connectivity index (χ2n) is 8.03. The lowest BCUT2D eigenvalue weighted by Gasteiger charge is -2.18. The molecule has 29 heavy (non-hydrogen) atoms. The van der Waals surface area contributed by atoms with Crippen LogP contribution >= 0.6 is 0 Å². The van der Waals surface area contributed by atoms with Crippen LogP contribution in [-0.2, 0) is 17.8 Å². The first-order chi connectivity index (χ1) is 14.1. The van der Waals surface area contributed by atoms with Gasteiger partial charge in [-0.1, -0.05) is 25.0 Å². The molecule has 0 saturated heterocycles. The van der Waals surface area contributed by atoms with Crippen molar-refractivity contribution in [3.05, 3.63) is 59.2 Å². The Labute approximate surface area is 172 Å². The van der Waals surface area contributed by atoms with Crippen LogP contribution in [0.1, 0.15) is 53.6 Å². The molecule has 5 nitrogen and oxygen atoms in total. The Morgan fingerprint density at radius 3 is 2.59 bits per heavy atom. The predicted molar refractivity (Wildman–Crippen MR) is 113 cm³/mol. The Balaban J connectivity index is 1.41. The molecule has 1 N–H and O–H groups in total. The lowest BCUT2D eigenvalue weighted by Crippen LogP contribution is -2.29. The molecule has 0 spiro atoms. The molecule has 2 aliphatic rings. The molecule has 0 radical (unpaired) electrons. The van der Waals surface area contributed by atoms with E-state index in [1.54, 1.807) is 31.4 Å². The predicted octanol–water partition coefficient (Wildman–Crippen LogP) is 4.09. The molecular formula is C24H28N2O3. The summed E-state index contributed by atoms with van der Waals surface area (Å²) in [4.78, 5) is 27.1. The van der Waals surface area contributed by atoms with E-state index in [0.29, 0.717) is 31.0 Å². The number of carbonyl (C=O) groups excluding carboxylic acids is 2. The van der Waals surface area contributed by atoms with E-state index in [9.17, 15) is 9.59 Å². The lowest BCUT2D eigenvalue weighted by molar-refractivity contribution is -0.122. The molecule has 0 aromatic heterocycles. The van der Waals surface area contributed by atoms with Gasteiger partial charge in [0.2, 0.25) is 5.91 Å². The van der Waals surface area contributed by atoms with Crippen LogP contribution < -0.4 is 15.0 Å². The third kappa shape index (κ3) is 4.44. The number of ether oxygens (including phenoxy) is 1. The lowest BCUT2D eigenvalue weighted by atomic mass is 10.0. The second kappa shape index (κ2) is 8.68. The molecule has 1 saturated carbocycles. The van der Waals surface area contributed by atoms with Gasteiger partial charge in [0.1, 0.15) is 5.75 Å². The zero-order valence-electron chi connectivity index (χ0n) is 16.9. The first-order valence-electron chi connectivity index (χ1n) is 10.5. The van der Waals surface area contributed by atoms with Gasteiger partial charge in [-0.25, -0.2) is 0 Å². The van der Waals surface area contributed by atoms with E-state index in [2.05, 4.69) is 17.4 Å². The van der Waals surface area contributed by atoms with Crippen LogP contribution in [0.2, 0.25) is 0 Å². The van der Waals surface area contributed by atoms with Gasteiger partial charge in [0.05, 0.1) is 7.11 Å². The maximum Gasteiger partial charge on any atom is 0.258 e. The van der Waals surface area contributed by atoms with Crippen LogP contribution in [-0.4, -0.2) is 25.5 Å². The van der Waals surface area contributed by atoms with Gasteiger partial charge < -0.3 is 15.0 Å². The quantitative estimate of drug-likeness (QED) is 0.805. The van der Waals surface area contributed by atoms with E-state index in [1.807, 2.05) is 11.0 Å². The summed E-state index contributed by atoms with van der Waals surface area (Å²) >= 11 is 0. The van der Waals surface area contributed by atoms with Crippen molar-refractivity contribution >= 4 is 17.5 Å². The minimum absolute atomic E-state index is 0.00572. The Morgan fingerprint density at radius 2 is 1.86 bits per heavy atom. The highest BCUT2D eigenvalue weighted by Crippen LogP contribution is 2.31. The minimum Gasteiger partial charge on any atom is -0.497 e. The molecule has 2 aromatic carbocycles. The number of fused-ring (bicyclic) bond motifs is 1. The van der Waals surface area contributed by atoms with Crippen molar-refractivity contribution in [1.29, 1.82) is 0 Å². The van der Waals surface area contributed by atoms with Crippen molar-refractivity contribution in [2.45, 2.75) is 45.1 Å². The molecule has 5 heteroatoms. The Morgan fingerprint density at radius 1 is 1.10 bits per heavy atom. The third-order valence-corrected chi connectivity index (χ3v) is 6.07. The number of amides is 2. The van der Waals surface area contributed by atoms with Gasteiger partial charge in [-0.15, -0.1) is 0 Å². The number of rotatable bonds is 6. The van der Waals surface area contributed by atoms with Crippen LogP contribution in [0.5, 0.6) is 5.75 Å². The van der Waals surface area contributed by atoms with Gasteiger partial charge in [-0.3, -0.25) is 9.59 Å². The molecule has 0 atom stereocenters. The molecule has 0 bridgehead atoms. The maximum atomic E-state index is 13.0. The van der Waals surface area contributed by atoms with Crippen molar-refractivity contribution in [1.82, 2.24) is 5.32 Å². The number of anilines is 1. The van der Waals surface area contributed by atoms with E-state index < -0.39 is 0 Å². The van der Waals surface area contributed by atoms with Crippen molar-refractivity contribution in [2.24, 2.45) is 5.92 Å². The van der Waals surface area contributed by atoms with E-state index >= 15 is 0 Å². The molecule has 4 rings (SSSR count). The summed E-state index contributed by atoms with van der Waals surface area (Å²) in [5.74, 6) is 1.41. The fourth-order valence-corrected chi connectivity index (χ4v) is 4.38.